The third kappa shape index (κ3) is 5.80. The van der Waals surface area contributed by atoms with Crippen molar-refractivity contribution in [2.75, 3.05) is 39.6 Å². The summed E-state index contributed by atoms with van der Waals surface area (Å²) in [4.78, 5) is 27.4. The summed E-state index contributed by atoms with van der Waals surface area (Å²) in [6, 6.07) is 7.51. The van der Waals surface area contributed by atoms with Crippen molar-refractivity contribution in [2.24, 2.45) is 0 Å². The van der Waals surface area contributed by atoms with Crippen LogP contribution in [0.5, 0.6) is 17.2 Å². The van der Waals surface area contributed by atoms with Crippen LogP contribution in [-0.4, -0.2) is 65.5 Å². The number of nitrogens with zero attached hydrogens (tertiary/aromatic N) is 4. The summed E-state index contributed by atoms with van der Waals surface area (Å²) in [6.07, 6.45) is 4.65. The molecule has 0 atom stereocenters. The Morgan fingerprint density at radius 1 is 0.974 bits per heavy atom. The highest BCUT2D eigenvalue weighted by Gasteiger charge is 2.21. The number of carbonyl (C=O) groups excluding carboxylic acids is 1. The second-order valence-corrected chi connectivity index (χ2v) is 9.65. The highest BCUT2D eigenvalue weighted by atomic mass is 16.6. The van der Waals surface area contributed by atoms with Crippen LogP contribution in [0.15, 0.2) is 42.9 Å². The van der Waals surface area contributed by atoms with Gasteiger partial charge in [-0.05, 0) is 51.3 Å². The highest BCUT2D eigenvalue weighted by Crippen LogP contribution is 2.37. The van der Waals surface area contributed by atoms with E-state index in [0.717, 1.165) is 27.2 Å². The van der Waals surface area contributed by atoms with Gasteiger partial charge in [0, 0.05) is 41.3 Å². The Kier molecular flexibility index (Phi) is 7.70. The van der Waals surface area contributed by atoms with Crippen molar-refractivity contribution in [1.82, 2.24) is 19.9 Å². The van der Waals surface area contributed by atoms with Crippen LogP contribution in [-0.2, 0) is 4.74 Å². The Labute approximate surface area is 221 Å². The normalized spacial score (nSPS) is 11.4. The van der Waals surface area contributed by atoms with Crippen molar-refractivity contribution < 1.29 is 23.7 Å². The first-order valence-corrected chi connectivity index (χ1v) is 12.3. The first kappa shape index (κ1) is 26.7. The number of ether oxygens (including phenoxy) is 4. The Hall–Kier alpha value is -4.34. The van der Waals surface area contributed by atoms with Crippen LogP contribution in [0.3, 0.4) is 0 Å². The Balaban J connectivity index is 1.60. The van der Waals surface area contributed by atoms with Gasteiger partial charge in [0.25, 0.3) is 0 Å². The number of amides is 1. The summed E-state index contributed by atoms with van der Waals surface area (Å²) in [7, 11) is 3.18. The maximum Gasteiger partial charge on any atom is 0.410 e. The molecule has 200 valence electrons. The quantitative estimate of drug-likeness (QED) is 0.318. The molecule has 3 heterocycles. The number of likely N-dealkylation sites (N-methyl/N-ethyl adjacent to an activating group) is 1. The molecule has 10 heteroatoms. The summed E-state index contributed by atoms with van der Waals surface area (Å²) in [6.45, 7) is 8.58. The zero-order chi connectivity index (χ0) is 27.4. The minimum atomic E-state index is -0.559. The average molecular weight is 520 g/mol. The van der Waals surface area contributed by atoms with E-state index < -0.39 is 5.60 Å². The maximum absolute atomic E-state index is 12.4. The topological polar surface area (TPSA) is 122 Å². The lowest BCUT2D eigenvalue weighted by atomic mass is 10.0. The maximum atomic E-state index is 12.4. The molecule has 0 bridgehead atoms. The van der Waals surface area contributed by atoms with Crippen molar-refractivity contribution in [2.45, 2.75) is 33.3 Å². The first-order valence-electron chi connectivity index (χ1n) is 12.3. The van der Waals surface area contributed by atoms with Gasteiger partial charge in [-0.1, -0.05) is 0 Å². The summed E-state index contributed by atoms with van der Waals surface area (Å²) >= 11 is 0. The minimum absolute atomic E-state index is 0.281. The Morgan fingerprint density at radius 3 is 2.39 bits per heavy atom. The number of fused-ring (bicyclic) bond motifs is 3. The van der Waals surface area contributed by atoms with E-state index in [0.29, 0.717) is 41.8 Å². The highest BCUT2D eigenvalue weighted by molar-refractivity contribution is 6.10. The van der Waals surface area contributed by atoms with Crippen molar-refractivity contribution in [1.29, 1.82) is 0 Å². The van der Waals surface area contributed by atoms with Crippen LogP contribution in [0.2, 0.25) is 0 Å². The third-order valence-electron chi connectivity index (χ3n) is 5.89. The molecule has 0 saturated heterocycles. The lowest BCUT2D eigenvalue weighted by Gasteiger charge is -2.26. The van der Waals surface area contributed by atoms with Gasteiger partial charge in [-0.2, -0.15) is 0 Å². The summed E-state index contributed by atoms with van der Waals surface area (Å²) in [5, 5.41) is 2.47. The molecular formula is C28H33N5O5. The number of hydrogen-bond acceptors (Lipinski definition) is 9. The second kappa shape index (κ2) is 11.0. The van der Waals surface area contributed by atoms with Crippen LogP contribution < -0.4 is 19.9 Å². The number of carbonyl (C=O) groups is 1. The van der Waals surface area contributed by atoms with Gasteiger partial charge in [-0.3, -0.25) is 9.97 Å². The van der Waals surface area contributed by atoms with E-state index in [4.69, 9.17) is 24.7 Å². The molecule has 0 aliphatic carbocycles. The van der Waals surface area contributed by atoms with Gasteiger partial charge in [-0.25, -0.2) is 9.78 Å². The molecule has 0 fully saturated rings. The number of methoxy groups -OCH3 is 2. The molecule has 0 saturated carbocycles. The fourth-order valence-corrected chi connectivity index (χ4v) is 4.02. The molecule has 10 nitrogen and oxygen atoms in total. The lowest BCUT2D eigenvalue weighted by molar-refractivity contribution is 0.0237. The molecule has 4 rings (SSSR count). The number of aromatic nitrogens is 3. The first-order chi connectivity index (χ1) is 18.1. The van der Waals surface area contributed by atoms with Crippen LogP contribution in [0.25, 0.3) is 32.9 Å². The molecule has 0 spiro atoms. The standard InChI is InChI=1S/C28H33N5O5/c1-7-33(27(34)38-28(2,3)4)8-9-37-18-10-17(14-30-15-18)22-11-19-20-12-24(35-5)25(36-6)13-23(20)31-16-21(19)26(29)32-22/h10-16H,7-9H2,1-6H3,(H2,29,32). The average Bonchev–Trinajstić information content (AvgIpc) is 2.89. The van der Waals surface area contributed by atoms with E-state index in [1.54, 1.807) is 37.7 Å². The van der Waals surface area contributed by atoms with Crippen molar-refractivity contribution in [3.63, 3.8) is 0 Å². The van der Waals surface area contributed by atoms with Crippen LogP contribution >= 0.6 is 0 Å². The molecule has 0 aliphatic heterocycles. The smallest absolute Gasteiger partial charge is 0.410 e. The third-order valence-corrected chi connectivity index (χ3v) is 5.89. The number of pyridine rings is 3. The zero-order valence-electron chi connectivity index (χ0n) is 22.6. The van der Waals surface area contributed by atoms with Gasteiger partial charge in [-0.15, -0.1) is 0 Å². The number of nitrogens with two attached hydrogens (primary N) is 1. The van der Waals surface area contributed by atoms with Gasteiger partial charge in [0.1, 0.15) is 23.8 Å². The van der Waals surface area contributed by atoms with Crippen LogP contribution in [0.4, 0.5) is 10.6 Å². The number of anilines is 1. The largest absolute Gasteiger partial charge is 0.493 e. The van der Waals surface area contributed by atoms with E-state index in [9.17, 15) is 4.79 Å². The summed E-state index contributed by atoms with van der Waals surface area (Å²) < 4.78 is 22.3. The molecular weight excluding hydrogens is 486 g/mol. The molecule has 2 N–H and O–H groups in total. The molecule has 1 aromatic carbocycles. The molecule has 0 aliphatic rings. The van der Waals surface area contributed by atoms with Gasteiger partial charge >= 0.3 is 6.09 Å². The molecule has 4 aromatic rings. The summed E-state index contributed by atoms with van der Waals surface area (Å²) in [5.41, 5.74) is 7.90. The van der Waals surface area contributed by atoms with Gasteiger partial charge in [0.2, 0.25) is 0 Å². The van der Waals surface area contributed by atoms with E-state index in [2.05, 4.69) is 15.0 Å². The molecule has 38 heavy (non-hydrogen) atoms. The molecule has 0 unspecified atom stereocenters. The molecule has 0 radical (unpaired) electrons. The van der Waals surface area contributed by atoms with Crippen molar-refractivity contribution in [3.05, 3.63) is 42.9 Å². The van der Waals surface area contributed by atoms with Crippen molar-refractivity contribution in [3.8, 4) is 28.5 Å². The monoisotopic (exact) mass is 519 g/mol. The van der Waals surface area contributed by atoms with E-state index in [1.165, 1.54) is 0 Å². The van der Waals surface area contributed by atoms with Gasteiger partial charge in [0.15, 0.2) is 11.5 Å². The molecule has 1 amide bonds. The van der Waals surface area contributed by atoms with Crippen molar-refractivity contribution >= 4 is 33.6 Å². The van der Waals surface area contributed by atoms with E-state index >= 15 is 0 Å². The fourth-order valence-electron chi connectivity index (χ4n) is 4.02. The van der Waals surface area contributed by atoms with Crippen LogP contribution in [0, 0.1) is 0 Å². The minimum Gasteiger partial charge on any atom is -0.493 e. The second-order valence-electron chi connectivity index (χ2n) is 9.65. The molecule has 3 aromatic heterocycles. The Morgan fingerprint density at radius 2 is 1.71 bits per heavy atom. The SMILES string of the molecule is CCN(CCOc1cncc(-c2cc3c(cnc4cc(OC)c(OC)cc43)c(N)n2)c1)C(=O)OC(C)(C)C. The Bertz CT molecular complexity index is 1470. The zero-order valence-corrected chi connectivity index (χ0v) is 22.6. The van der Waals surface area contributed by atoms with Gasteiger partial charge in [0.05, 0.1) is 38.2 Å². The number of nitrogen functional groups attached to an aromatic ring is 1. The van der Waals surface area contributed by atoms with E-state index in [-0.39, 0.29) is 12.7 Å². The van der Waals surface area contributed by atoms with Gasteiger partial charge < -0.3 is 29.6 Å². The number of hydrogen-bond donors (Lipinski definition) is 1. The number of rotatable bonds is 8. The van der Waals surface area contributed by atoms with Crippen LogP contribution in [0.1, 0.15) is 27.7 Å². The lowest BCUT2D eigenvalue weighted by Crippen LogP contribution is -2.38. The van der Waals surface area contributed by atoms with E-state index in [1.807, 2.05) is 52.0 Å². The predicted molar refractivity (Wildman–Crippen MR) is 147 cm³/mol. The predicted octanol–water partition coefficient (Wildman–Crippen LogP) is 5.08. The number of benzene rings is 1. The summed E-state index contributed by atoms with van der Waals surface area (Å²) in [5.74, 6) is 2.09. The fraction of sp³-hybridized carbons (Fsp3) is 0.357.